The zero-order chi connectivity index (χ0) is 16.5. The number of fused-ring (bicyclic) bond motifs is 1. The normalized spacial score (nSPS) is 21.3. The lowest BCUT2D eigenvalue weighted by Crippen LogP contribution is -2.57. The van der Waals surface area contributed by atoms with Gasteiger partial charge in [0.25, 0.3) is 5.91 Å². The van der Waals surface area contributed by atoms with Crippen LogP contribution >= 0.6 is 23.7 Å². The Morgan fingerprint density at radius 2 is 2.08 bits per heavy atom. The number of carbonyl (C=O) groups is 2. The van der Waals surface area contributed by atoms with E-state index < -0.39 is 0 Å². The van der Waals surface area contributed by atoms with Gasteiger partial charge in [0, 0.05) is 36.9 Å². The molecule has 5 nitrogen and oxygen atoms in total. The molecule has 2 aliphatic rings. The first kappa shape index (κ1) is 18.2. The molecule has 1 aromatic carbocycles. The maximum atomic E-state index is 12.9. The lowest BCUT2D eigenvalue weighted by atomic mass is 10.0. The zero-order valence-corrected chi connectivity index (χ0v) is 15.6. The van der Waals surface area contributed by atoms with Gasteiger partial charge in [-0.25, -0.2) is 0 Å². The summed E-state index contributed by atoms with van der Waals surface area (Å²) >= 11 is 1.55. The molecule has 2 fully saturated rings. The molecule has 0 spiro atoms. The molecular weight excluding hydrogens is 358 g/mol. The smallest absolute Gasteiger partial charge is 0.264 e. The van der Waals surface area contributed by atoms with Gasteiger partial charge in [0.2, 0.25) is 5.91 Å². The Bertz CT molecular complexity index is 746. The number of hydrogen-bond acceptors (Lipinski definition) is 4. The minimum atomic E-state index is 0. The largest absolute Gasteiger partial charge is 0.336 e. The third kappa shape index (κ3) is 3.66. The number of nitrogens with zero attached hydrogens (tertiary/aromatic N) is 2. The summed E-state index contributed by atoms with van der Waals surface area (Å²) in [6, 6.07) is 10.2. The summed E-state index contributed by atoms with van der Waals surface area (Å²) < 4.78 is 1.15. The van der Waals surface area contributed by atoms with E-state index in [2.05, 4.69) is 11.4 Å². The number of hydrogen-bond donors (Lipinski definition) is 1. The standard InChI is InChI=1S/C18H21N3O2S.ClH/c22-17-11-19-7-9-21(17)14-5-3-8-20(12-14)18(23)16-10-13-4-1-2-6-15(13)24-16;/h1-2,4,6,10,14,19H,3,5,7-9,11-12H2;1H. The van der Waals surface area contributed by atoms with E-state index >= 15 is 0 Å². The van der Waals surface area contributed by atoms with E-state index in [1.54, 1.807) is 11.3 Å². The SMILES string of the molecule is Cl.O=C(c1cc2ccccc2s1)N1CCCC(N2CCNCC2=O)C1. The van der Waals surface area contributed by atoms with Crippen molar-refractivity contribution in [2.45, 2.75) is 18.9 Å². The van der Waals surface area contributed by atoms with Crippen molar-refractivity contribution < 1.29 is 9.59 Å². The van der Waals surface area contributed by atoms with Crippen molar-refractivity contribution >= 4 is 45.6 Å². The molecule has 0 radical (unpaired) electrons. The monoisotopic (exact) mass is 379 g/mol. The summed E-state index contributed by atoms with van der Waals surface area (Å²) in [5.74, 6) is 0.255. The van der Waals surface area contributed by atoms with Gasteiger partial charge in [-0.2, -0.15) is 0 Å². The summed E-state index contributed by atoms with van der Waals surface area (Å²) in [6.45, 7) is 3.43. The summed E-state index contributed by atoms with van der Waals surface area (Å²) in [6.07, 6.45) is 1.94. The number of likely N-dealkylation sites (tertiary alicyclic amines) is 1. The first-order valence-electron chi connectivity index (χ1n) is 8.50. The van der Waals surface area contributed by atoms with Gasteiger partial charge < -0.3 is 15.1 Å². The van der Waals surface area contributed by atoms with E-state index in [9.17, 15) is 9.59 Å². The van der Waals surface area contributed by atoms with Crippen LogP contribution in [-0.2, 0) is 4.79 Å². The molecule has 2 amide bonds. The zero-order valence-electron chi connectivity index (χ0n) is 13.9. The van der Waals surface area contributed by atoms with Crippen LogP contribution in [0.5, 0.6) is 0 Å². The molecule has 1 aromatic heterocycles. The molecule has 0 bridgehead atoms. The Balaban J connectivity index is 0.00000182. The van der Waals surface area contributed by atoms with Crippen molar-refractivity contribution in [3.05, 3.63) is 35.2 Å². The fourth-order valence-electron chi connectivity index (χ4n) is 3.64. The molecule has 2 aliphatic heterocycles. The van der Waals surface area contributed by atoms with Crippen LogP contribution in [0.2, 0.25) is 0 Å². The second-order valence-electron chi connectivity index (χ2n) is 6.46. The summed E-state index contributed by atoms with van der Waals surface area (Å²) in [4.78, 5) is 29.7. The van der Waals surface area contributed by atoms with E-state index in [0.29, 0.717) is 13.1 Å². The molecule has 25 heavy (non-hydrogen) atoms. The maximum absolute atomic E-state index is 12.9. The Labute approximate surface area is 157 Å². The van der Waals surface area contributed by atoms with Crippen LogP contribution in [0.25, 0.3) is 10.1 Å². The number of rotatable bonds is 2. The number of nitrogens with one attached hydrogen (secondary N) is 1. The number of thiophene rings is 1. The van der Waals surface area contributed by atoms with Crippen LogP contribution in [0, 0.1) is 0 Å². The van der Waals surface area contributed by atoms with E-state index in [0.717, 1.165) is 47.4 Å². The highest BCUT2D eigenvalue weighted by molar-refractivity contribution is 7.20. The minimum Gasteiger partial charge on any atom is -0.336 e. The third-order valence-corrected chi connectivity index (χ3v) is 5.99. The van der Waals surface area contributed by atoms with Crippen LogP contribution in [0.3, 0.4) is 0 Å². The fourth-order valence-corrected chi connectivity index (χ4v) is 4.67. The average Bonchev–Trinajstić information content (AvgIpc) is 3.06. The van der Waals surface area contributed by atoms with E-state index in [1.807, 2.05) is 34.1 Å². The molecule has 3 heterocycles. The molecule has 1 atom stereocenters. The Morgan fingerprint density at radius 3 is 2.88 bits per heavy atom. The molecule has 2 aromatic rings. The lowest BCUT2D eigenvalue weighted by Gasteiger charge is -2.41. The van der Waals surface area contributed by atoms with Crippen LogP contribution in [-0.4, -0.2) is 60.4 Å². The first-order valence-corrected chi connectivity index (χ1v) is 9.32. The van der Waals surface area contributed by atoms with Gasteiger partial charge in [-0.15, -0.1) is 23.7 Å². The molecule has 0 saturated carbocycles. The predicted molar refractivity (Wildman–Crippen MR) is 103 cm³/mol. The molecule has 0 aliphatic carbocycles. The molecule has 1 unspecified atom stereocenters. The van der Waals surface area contributed by atoms with Gasteiger partial charge in [-0.3, -0.25) is 9.59 Å². The van der Waals surface area contributed by atoms with Crippen molar-refractivity contribution in [2.75, 3.05) is 32.7 Å². The van der Waals surface area contributed by atoms with E-state index in [1.165, 1.54) is 0 Å². The van der Waals surface area contributed by atoms with Gasteiger partial charge in [-0.05, 0) is 30.4 Å². The highest BCUT2D eigenvalue weighted by Gasteiger charge is 2.32. The summed E-state index contributed by atoms with van der Waals surface area (Å²) in [7, 11) is 0. The second-order valence-corrected chi connectivity index (χ2v) is 7.54. The van der Waals surface area contributed by atoms with Crippen molar-refractivity contribution in [3.63, 3.8) is 0 Å². The van der Waals surface area contributed by atoms with Gasteiger partial charge >= 0.3 is 0 Å². The quantitative estimate of drug-likeness (QED) is 0.871. The molecule has 7 heteroatoms. The predicted octanol–water partition coefficient (Wildman–Crippen LogP) is 2.36. The molecular formula is C18H22ClN3O2S. The number of amides is 2. The molecule has 4 rings (SSSR count). The van der Waals surface area contributed by atoms with Gasteiger partial charge in [0.05, 0.1) is 11.4 Å². The minimum absolute atomic E-state index is 0. The highest BCUT2D eigenvalue weighted by Crippen LogP contribution is 2.27. The molecule has 2 saturated heterocycles. The van der Waals surface area contributed by atoms with Gasteiger partial charge in [0.1, 0.15) is 0 Å². The Morgan fingerprint density at radius 1 is 1.24 bits per heavy atom. The van der Waals surface area contributed by atoms with Crippen LogP contribution in [0.1, 0.15) is 22.5 Å². The number of benzene rings is 1. The number of piperazine rings is 1. The van der Waals surface area contributed by atoms with Crippen LogP contribution < -0.4 is 5.32 Å². The fraction of sp³-hybridized carbons (Fsp3) is 0.444. The molecule has 1 N–H and O–H groups in total. The lowest BCUT2D eigenvalue weighted by molar-refractivity contribution is -0.135. The van der Waals surface area contributed by atoms with Crippen LogP contribution in [0.4, 0.5) is 0 Å². The number of halogens is 1. The number of piperidine rings is 1. The molecule has 134 valence electrons. The van der Waals surface area contributed by atoms with Crippen LogP contribution in [0.15, 0.2) is 30.3 Å². The van der Waals surface area contributed by atoms with E-state index in [-0.39, 0.29) is 30.3 Å². The first-order chi connectivity index (χ1) is 11.7. The Kier molecular flexibility index (Phi) is 5.61. The van der Waals surface area contributed by atoms with Crippen molar-refractivity contribution in [1.29, 1.82) is 0 Å². The van der Waals surface area contributed by atoms with Crippen molar-refractivity contribution in [3.8, 4) is 0 Å². The van der Waals surface area contributed by atoms with Gasteiger partial charge in [-0.1, -0.05) is 18.2 Å². The number of carbonyl (C=O) groups excluding carboxylic acids is 2. The van der Waals surface area contributed by atoms with E-state index in [4.69, 9.17) is 0 Å². The van der Waals surface area contributed by atoms with Gasteiger partial charge in [0.15, 0.2) is 0 Å². The third-order valence-electron chi connectivity index (χ3n) is 4.89. The topological polar surface area (TPSA) is 52.7 Å². The Hall–Kier alpha value is -1.63. The summed E-state index contributed by atoms with van der Waals surface area (Å²) in [5.41, 5.74) is 0. The maximum Gasteiger partial charge on any atom is 0.264 e. The highest BCUT2D eigenvalue weighted by atomic mass is 35.5. The second kappa shape index (κ2) is 7.72. The van der Waals surface area contributed by atoms with Crippen molar-refractivity contribution in [2.24, 2.45) is 0 Å². The van der Waals surface area contributed by atoms with Crippen molar-refractivity contribution in [1.82, 2.24) is 15.1 Å². The summed E-state index contributed by atoms with van der Waals surface area (Å²) in [5, 5.41) is 4.23. The average molecular weight is 380 g/mol.